The Balaban J connectivity index is 0.000000292. The number of esters is 3. The number of aliphatic imine (C=N–C) groups is 1. The normalized spacial score (nSPS) is 9.95. The Bertz CT molecular complexity index is 6770. The Morgan fingerprint density at radius 2 is 0.824 bits per heavy atom. The number of ketones is 1. The van der Waals surface area contributed by atoms with Gasteiger partial charge in [0.1, 0.15) is 79.7 Å². The molecule has 1 heterocycles. The van der Waals surface area contributed by atoms with Gasteiger partial charge in [0.2, 0.25) is 0 Å². The third kappa shape index (κ3) is 34.2. The summed E-state index contributed by atoms with van der Waals surface area (Å²) in [6.07, 6.45) is 0. The minimum Gasteiger partial charge on any atom is -0.507 e. The first-order valence-electron chi connectivity index (χ1n) is 41.3. The van der Waals surface area contributed by atoms with Crippen LogP contribution < -0.4 is 41.8 Å². The molecule has 16 N–H and O–H groups in total. The maximum atomic E-state index is 12.1. The number of fused-ring (bicyclic) bond motifs is 2. The number of carbonyl (C=O) groups is 5. The summed E-state index contributed by atoms with van der Waals surface area (Å²) in [4.78, 5) is 61.0. The van der Waals surface area contributed by atoms with Crippen LogP contribution >= 0.6 is 72.2 Å². The van der Waals surface area contributed by atoms with Crippen LogP contribution in [0.25, 0.3) is 72.0 Å². The number of H-pyrrole nitrogens is 1. The number of halogens is 3. The number of ether oxygens (including phenoxy) is 11. The number of phenolic OH excluding ortho intramolecular Hbond substituents is 5. The fourth-order valence-corrected chi connectivity index (χ4v) is 14.3. The van der Waals surface area contributed by atoms with Gasteiger partial charge in [-0.2, -0.15) is 10.1 Å². The smallest absolute Gasteiger partial charge is 0.488 e. The first kappa shape index (κ1) is 119. The minimum absolute atomic E-state index is 0. The average Bonchev–Trinajstić information content (AvgIpc) is 1.58. The van der Waals surface area contributed by atoms with Gasteiger partial charge in [-0.05, 0) is 184 Å². The van der Waals surface area contributed by atoms with Gasteiger partial charge in [-0.3, -0.25) is 26.1 Å². The number of phenols is 6. The molecule has 0 saturated heterocycles. The predicted molar refractivity (Wildman–Crippen MR) is 557 cm³/mol. The molecule has 15 aromatic rings. The van der Waals surface area contributed by atoms with E-state index in [9.17, 15) is 39.3 Å². The molecule has 14 aromatic carbocycles. The number of benzene rings is 14. The summed E-state index contributed by atoms with van der Waals surface area (Å²) in [5.41, 5.74) is 16.7. The number of hydrogen-bond donors (Lipinski definition) is 13. The van der Waals surface area contributed by atoms with E-state index in [1.54, 1.807) is 59.2 Å². The van der Waals surface area contributed by atoms with Crippen LogP contribution in [0.1, 0.15) is 70.3 Å². The molecule has 32 nitrogen and oxygen atoms in total. The third-order valence-electron chi connectivity index (χ3n) is 19.4. The van der Waals surface area contributed by atoms with Crippen LogP contribution in [0.2, 0.25) is 0 Å². The van der Waals surface area contributed by atoms with E-state index in [0.717, 1.165) is 84.7 Å². The van der Waals surface area contributed by atoms with Gasteiger partial charge >= 0.3 is 31.0 Å². The number of nitrogens with one attached hydrogen (secondary N) is 1. The number of nitrogens with zero attached hydrogens (tertiary/aromatic N) is 3. The van der Waals surface area contributed by atoms with E-state index >= 15 is 0 Å². The van der Waals surface area contributed by atoms with E-state index < -0.39 is 36.7 Å². The van der Waals surface area contributed by atoms with E-state index in [2.05, 4.69) is 121 Å². The summed E-state index contributed by atoms with van der Waals surface area (Å²) in [6.45, 7) is 4.23. The van der Waals surface area contributed by atoms with Crippen molar-refractivity contribution in [2.45, 2.75) is 21.3 Å². The van der Waals surface area contributed by atoms with Crippen molar-refractivity contribution in [3.05, 3.63) is 336 Å². The van der Waals surface area contributed by atoms with Crippen molar-refractivity contribution < 1.29 is 142 Å². The molecule has 1 aromatic heterocycles. The topological polar surface area (TPSA) is 493 Å². The van der Waals surface area contributed by atoms with E-state index in [1.165, 1.54) is 72.9 Å². The summed E-state index contributed by atoms with van der Waals surface area (Å²) in [7, 11) is 8.52. The number of carbonyl (C=O) groups excluding carboxylic acids is 4. The second kappa shape index (κ2) is 61.6. The van der Waals surface area contributed by atoms with Crippen LogP contribution in [0.5, 0.6) is 57.5 Å². The first-order valence-corrected chi connectivity index (χ1v) is 44.5. The van der Waals surface area contributed by atoms with Crippen molar-refractivity contribution in [3.63, 3.8) is 0 Å². The number of thiocarbonyl (C=S) groups is 1. The number of isothiocyanates is 1. The van der Waals surface area contributed by atoms with Crippen molar-refractivity contribution in [1.82, 2.24) is 14.8 Å². The van der Waals surface area contributed by atoms with Crippen LogP contribution in [-0.2, 0) is 53.6 Å². The van der Waals surface area contributed by atoms with Crippen LogP contribution in [0.4, 0.5) is 5.69 Å². The van der Waals surface area contributed by atoms with Crippen molar-refractivity contribution in [2.24, 2.45) is 22.4 Å². The minimum atomic E-state index is -1.34. The SMILES string of the molecule is C.COC(=O)c1cc(Br)c(O)cc1O.COCOc1cc(OCOC)c(-c2ccccc2)cc1C(=O)OC.COCOc1cc(OCOC)c(C(=O)OC)cc1Br.Cc1cc(C)c(-c2ccccc2)cc1C(=O)CN.NN.O=C(O)c1cc(Br)c(O)cc1O.OB(O)c1ccccc1.Oc1cc(O)c(-c2n[nH]c(=S)n2-c2cccc3ccccc23)cc1-c1ccccc1.S=C=Nc1cccc2ccccc12.[Pd]. The molecule has 142 heavy (non-hydrogen) atoms. The van der Waals surface area contributed by atoms with Crippen LogP contribution in [0.15, 0.2) is 297 Å². The van der Waals surface area contributed by atoms with Crippen LogP contribution in [-0.4, -0.2) is 186 Å². The van der Waals surface area contributed by atoms with Gasteiger partial charge in [-0.1, -0.05) is 208 Å². The number of aryl methyl sites for hydroxylation is 2. The number of hydrazine groups is 1. The number of hydrogen-bond acceptors (Lipinski definition) is 31. The Hall–Kier alpha value is -13.9. The van der Waals surface area contributed by atoms with Gasteiger partial charge in [0.15, 0.2) is 43.6 Å². The molecule has 15 rings (SSSR count). The molecule has 0 atom stereocenters. The number of carboxylic acid groups (broad SMARTS) is 1. The molecule has 0 bridgehead atoms. The van der Waals surface area contributed by atoms with E-state index in [-0.39, 0.29) is 123 Å². The molecule has 0 radical (unpaired) electrons. The first-order chi connectivity index (χ1) is 67.4. The van der Waals surface area contributed by atoms with Crippen LogP contribution in [0, 0.1) is 18.6 Å². The van der Waals surface area contributed by atoms with Crippen LogP contribution in [0.3, 0.4) is 0 Å². The summed E-state index contributed by atoms with van der Waals surface area (Å²) in [5, 5.41) is 97.1. The zero-order valence-corrected chi connectivity index (χ0v) is 85.0. The van der Waals surface area contributed by atoms with E-state index in [1.807, 2.05) is 189 Å². The standard InChI is InChI=1S/C24H17N3O2S.C18H20O6.C16H17NO.C12H15BrO6.C11H7NS.C8H7BrO4.C7H5BrO4.C6H7BO2.CH4.H4N2.Pd/c28-21-14-22(29)19(13-18(21)16-7-2-1-3-8-16)23-25-26-24(30)27(23)20-12-6-10-15-9-4-5-11-17(15)20;1-20-11-23-16-10-17(24-12-21-2)15(18(19)22-3)9-14(16)13-7-5-4-6-8-13;1-11-8-12(2)15(16(18)10-17)9-14(11)13-6-4-3-5-7-13;1-15-6-18-10-5-11(19-7-16-2)9(13)4-8(10)12(14)17-3;13-8-12-11-7-3-5-9-4-1-2-6-10(9)11;1-13-8(12)4-2-5(9)7(11)3-6(4)10;8-4-1-3(7(11)12)5(9)2-6(4)10;8-7(9)6-4-2-1-3-5-6;;1-2;/h1-14,28-29H,(H,26,30);4-10H,11-12H2,1-3H3;3-9H,10,17H2,1-2H3;4-5H,6-7H2,1-3H3;1-7H;2-3,10-11H,1H3;1-2,9-10H,(H,11,12);1-5,8-9H;1H4;1-2H2;. The van der Waals surface area contributed by atoms with Gasteiger partial charge in [0.05, 0.1) is 63.4 Å². The van der Waals surface area contributed by atoms with Crippen molar-refractivity contribution in [1.29, 1.82) is 0 Å². The number of methoxy groups -OCH3 is 7. The summed E-state index contributed by atoms with van der Waals surface area (Å²) in [5.74, 6) is 6.00. The number of aromatic amines is 1. The molecule has 0 amide bonds. The number of Topliss-reactive ketones (excluding diaryl/α,β-unsaturated/α-hetero) is 1. The molecule has 0 saturated carbocycles. The van der Waals surface area contributed by atoms with Gasteiger partial charge in [0.25, 0.3) is 0 Å². The molecule has 0 fully saturated rings. The Morgan fingerprint density at radius 3 is 1.31 bits per heavy atom. The molecule has 0 aliphatic heterocycles. The van der Waals surface area contributed by atoms with Gasteiger partial charge in [-0.25, -0.2) is 19.2 Å². The number of carboxylic acids is 1. The van der Waals surface area contributed by atoms with Gasteiger partial charge < -0.3 is 104 Å². The maximum absolute atomic E-state index is 12.1. The summed E-state index contributed by atoms with van der Waals surface area (Å²) >= 11 is 19.3. The van der Waals surface area contributed by atoms with Crippen molar-refractivity contribution in [2.75, 3.05) is 83.5 Å². The molecule has 0 aliphatic rings. The summed E-state index contributed by atoms with van der Waals surface area (Å²) < 4.78 is 58.6. The van der Waals surface area contributed by atoms with Crippen molar-refractivity contribution >= 4 is 147 Å². The number of aromatic nitrogens is 3. The quantitative estimate of drug-likeness (QED) is 0.00291. The monoisotopic (exact) mass is 2260 g/mol. The Morgan fingerprint density at radius 1 is 0.430 bits per heavy atom. The largest absolute Gasteiger partial charge is 0.507 e. The fraction of sp³-hybridized carbons (Fsp3) is 0.146. The molecule has 0 spiro atoms. The van der Waals surface area contributed by atoms with E-state index in [0.29, 0.717) is 59.1 Å². The van der Waals surface area contributed by atoms with Crippen molar-refractivity contribution in [3.8, 4) is 108 Å². The fourth-order valence-electron chi connectivity index (χ4n) is 12.9. The van der Waals surface area contributed by atoms with Gasteiger partial charge in [0, 0.05) is 107 Å². The van der Waals surface area contributed by atoms with Gasteiger partial charge in [-0.15, -0.1) is 0 Å². The molecular formula is C103H103BBr3N7O25PdS2. The zero-order chi connectivity index (χ0) is 102. The Labute approximate surface area is 868 Å². The zero-order valence-electron chi connectivity index (χ0n) is 77.1. The maximum Gasteiger partial charge on any atom is 0.488 e. The molecule has 746 valence electrons. The summed E-state index contributed by atoms with van der Waals surface area (Å²) in [6, 6.07) is 83.8. The molecular weight excluding hydrogens is 2160 g/mol. The predicted octanol–water partition coefficient (Wildman–Crippen LogP) is 19.8. The average molecular weight is 2260 g/mol. The number of aromatic carboxylic acids is 1. The molecule has 0 unspecified atom stereocenters. The third-order valence-corrected chi connectivity index (χ3v) is 21.7. The number of aromatic hydroxyl groups is 6. The van der Waals surface area contributed by atoms with E-state index in [4.69, 9.17) is 91.1 Å². The molecule has 0 aliphatic carbocycles. The second-order valence-corrected chi connectivity index (χ2v) is 31.6. The second-order valence-electron chi connectivity index (χ2n) is 28.5. The number of rotatable bonds is 25. The number of nitrogens with two attached hydrogens (primary N) is 3. The molecule has 39 heteroatoms. The Kier molecular flexibility index (Phi) is 51.5.